The van der Waals surface area contributed by atoms with Gasteiger partial charge in [-0.2, -0.15) is 0 Å². The van der Waals surface area contributed by atoms with Gasteiger partial charge in [0.05, 0.1) is 39.6 Å². The first-order valence-electron chi connectivity index (χ1n) is 19.3. The molecule has 284 valence electrons. The Morgan fingerprint density at radius 1 is 0.352 bits per heavy atom. The van der Waals surface area contributed by atoms with Crippen LogP contribution in [0.1, 0.15) is 53.5 Å². The summed E-state index contributed by atoms with van der Waals surface area (Å²) in [4.78, 5) is 0. The Hall–Kier alpha value is -4.18. The maximum atomic E-state index is 6.83. The number of hydrogen-bond donors (Lipinski definition) is 0. The van der Waals surface area contributed by atoms with E-state index >= 15 is 0 Å². The van der Waals surface area contributed by atoms with Crippen LogP contribution in [-0.4, -0.2) is 50.5 Å². The second-order valence-corrected chi connectivity index (χ2v) is 13.7. The lowest BCUT2D eigenvalue weighted by Gasteiger charge is -2.46. The molecule has 54 heavy (non-hydrogen) atoms. The zero-order chi connectivity index (χ0) is 36.9. The van der Waals surface area contributed by atoms with Crippen molar-refractivity contribution in [2.75, 3.05) is 19.8 Å². The molecule has 0 bridgehead atoms. The predicted octanol–water partition coefficient (Wildman–Crippen LogP) is 9.48. The Balaban J connectivity index is 1.15. The number of ether oxygens (including phenoxy) is 7. The molecule has 5 atom stereocenters. The van der Waals surface area contributed by atoms with Crippen molar-refractivity contribution in [3.8, 4) is 0 Å². The van der Waals surface area contributed by atoms with Gasteiger partial charge in [0.1, 0.15) is 24.4 Å². The first-order chi connectivity index (χ1) is 26.8. The highest BCUT2D eigenvalue weighted by Gasteiger charge is 2.49. The number of benzene rings is 5. The smallest absolute Gasteiger partial charge is 0.186 e. The third-order valence-corrected chi connectivity index (χ3v) is 9.42. The SMILES string of the molecule is c1ccc(COCCCCCCO[C@@H]2O[C@H](COCc3ccccc3)[C@@H](OCc3ccccc3)[C@H](OCc3ccccc3)[C@H]2OCc2ccccc2)cc1. The average molecular weight is 731 g/mol. The molecule has 0 spiro atoms. The predicted molar refractivity (Wildman–Crippen MR) is 210 cm³/mol. The Labute approximate surface area is 321 Å². The monoisotopic (exact) mass is 730 g/mol. The first-order valence-corrected chi connectivity index (χ1v) is 19.3. The minimum atomic E-state index is -0.689. The van der Waals surface area contributed by atoms with E-state index in [4.69, 9.17) is 33.2 Å². The van der Waals surface area contributed by atoms with Crippen molar-refractivity contribution >= 4 is 0 Å². The summed E-state index contributed by atoms with van der Waals surface area (Å²) in [6, 6.07) is 51.0. The Morgan fingerprint density at radius 3 is 1.22 bits per heavy atom. The van der Waals surface area contributed by atoms with E-state index < -0.39 is 30.7 Å². The van der Waals surface area contributed by atoms with Gasteiger partial charge in [-0.05, 0) is 40.7 Å². The summed E-state index contributed by atoms with van der Waals surface area (Å²) in [5.41, 5.74) is 5.48. The van der Waals surface area contributed by atoms with Gasteiger partial charge >= 0.3 is 0 Å². The zero-order valence-electron chi connectivity index (χ0n) is 31.2. The van der Waals surface area contributed by atoms with E-state index in [-0.39, 0.29) is 0 Å². The molecule has 0 aromatic heterocycles. The topological polar surface area (TPSA) is 64.6 Å². The minimum Gasteiger partial charge on any atom is -0.377 e. The molecular weight excluding hydrogens is 677 g/mol. The molecule has 1 saturated heterocycles. The van der Waals surface area contributed by atoms with Crippen molar-refractivity contribution in [1.29, 1.82) is 0 Å². The van der Waals surface area contributed by atoms with Gasteiger partial charge in [-0.1, -0.05) is 165 Å². The minimum absolute atomic E-state index is 0.299. The lowest BCUT2D eigenvalue weighted by Crippen LogP contribution is -2.61. The normalized spacial score (nSPS) is 19.8. The molecule has 1 aliphatic heterocycles. The molecule has 5 aromatic rings. The third kappa shape index (κ3) is 13.3. The molecule has 1 aliphatic rings. The molecule has 0 aliphatic carbocycles. The van der Waals surface area contributed by atoms with Crippen LogP contribution in [-0.2, 0) is 66.2 Å². The van der Waals surface area contributed by atoms with Gasteiger partial charge in [0.2, 0.25) is 0 Å². The highest BCUT2D eigenvalue weighted by Crippen LogP contribution is 2.32. The second-order valence-electron chi connectivity index (χ2n) is 13.7. The van der Waals surface area contributed by atoms with Crippen LogP contribution in [0.5, 0.6) is 0 Å². The van der Waals surface area contributed by atoms with Gasteiger partial charge in [0, 0.05) is 13.2 Å². The maximum Gasteiger partial charge on any atom is 0.186 e. The first kappa shape index (κ1) is 39.5. The third-order valence-electron chi connectivity index (χ3n) is 9.42. The van der Waals surface area contributed by atoms with Crippen LogP contribution in [0.2, 0.25) is 0 Å². The van der Waals surface area contributed by atoms with Crippen LogP contribution in [0, 0.1) is 0 Å². The van der Waals surface area contributed by atoms with Gasteiger partial charge < -0.3 is 33.2 Å². The quantitative estimate of drug-likeness (QED) is 0.0621. The van der Waals surface area contributed by atoms with E-state index in [1.807, 2.05) is 91.0 Å². The number of hydrogen-bond acceptors (Lipinski definition) is 7. The molecule has 5 aromatic carbocycles. The van der Waals surface area contributed by atoms with Crippen molar-refractivity contribution < 1.29 is 33.2 Å². The zero-order valence-corrected chi connectivity index (χ0v) is 31.2. The van der Waals surface area contributed by atoms with E-state index in [1.165, 1.54) is 5.56 Å². The van der Waals surface area contributed by atoms with Gasteiger partial charge in [-0.3, -0.25) is 0 Å². The Morgan fingerprint density at radius 2 is 0.741 bits per heavy atom. The number of rotatable bonds is 23. The summed E-state index contributed by atoms with van der Waals surface area (Å²) in [5.74, 6) is 0. The van der Waals surface area contributed by atoms with Crippen LogP contribution in [0.3, 0.4) is 0 Å². The Kier molecular flexibility index (Phi) is 16.8. The summed E-state index contributed by atoms with van der Waals surface area (Å²) in [6.45, 7) is 3.83. The molecule has 0 unspecified atom stereocenters. The van der Waals surface area contributed by atoms with E-state index in [0.717, 1.165) is 54.5 Å². The van der Waals surface area contributed by atoms with E-state index in [9.17, 15) is 0 Å². The molecular formula is C47H54O7. The molecule has 1 heterocycles. The molecule has 0 amide bonds. The van der Waals surface area contributed by atoms with Crippen LogP contribution in [0.25, 0.3) is 0 Å². The van der Waals surface area contributed by atoms with Gasteiger partial charge in [0.25, 0.3) is 0 Å². The van der Waals surface area contributed by atoms with Crippen LogP contribution < -0.4 is 0 Å². The van der Waals surface area contributed by atoms with Crippen molar-refractivity contribution in [3.63, 3.8) is 0 Å². The van der Waals surface area contributed by atoms with Crippen molar-refractivity contribution in [3.05, 3.63) is 179 Å². The second kappa shape index (κ2) is 22.9. The lowest BCUT2D eigenvalue weighted by molar-refractivity contribution is -0.328. The van der Waals surface area contributed by atoms with Gasteiger partial charge in [0.15, 0.2) is 6.29 Å². The largest absolute Gasteiger partial charge is 0.377 e. The van der Waals surface area contributed by atoms with Gasteiger partial charge in [-0.25, -0.2) is 0 Å². The molecule has 0 saturated carbocycles. The van der Waals surface area contributed by atoms with Crippen molar-refractivity contribution in [2.24, 2.45) is 0 Å². The molecule has 0 N–H and O–H groups in total. The molecule has 7 nitrogen and oxygen atoms in total. The fraction of sp³-hybridized carbons (Fsp3) is 0.362. The van der Waals surface area contributed by atoms with Gasteiger partial charge in [-0.15, -0.1) is 0 Å². The fourth-order valence-electron chi connectivity index (χ4n) is 6.50. The average Bonchev–Trinajstić information content (AvgIpc) is 3.23. The standard InChI is InChI=1S/C47H54O7/c1(18-30-48-32-38-20-8-3-9-21-38)2-19-31-50-47-46(53-36-42-28-16-7-17-29-42)45(52-35-41-26-14-6-15-27-41)44(51-34-40-24-12-5-13-25-40)43(54-47)37-49-33-39-22-10-4-11-23-39/h3-17,20-29,43-47H,1-2,18-19,30-37H2/t43-,44-,45+,46-,47-/m1/s1. The van der Waals surface area contributed by atoms with Crippen molar-refractivity contribution in [1.82, 2.24) is 0 Å². The van der Waals surface area contributed by atoms with E-state index in [2.05, 4.69) is 60.7 Å². The van der Waals surface area contributed by atoms with E-state index in [0.29, 0.717) is 46.2 Å². The Bertz CT molecular complexity index is 1670. The summed E-state index contributed by atoms with van der Waals surface area (Å²) in [5, 5.41) is 0. The van der Waals surface area contributed by atoms with E-state index in [1.54, 1.807) is 0 Å². The summed E-state index contributed by atoms with van der Waals surface area (Å²) in [7, 11) is 0. The van der Waals surface area contributed by atoms with Crippen molar-refractivity contribution in [2.45, 2.75) is 89.4 Å². The van der Waals surface area contributed by atoms with Crippen LogP contribution in [0.4, 0.5) is 0 Å². The fourth-order valence-corrected chi connectivity index (χ4v) is 6.50. The molecule has 7 heteroatoms. The summed E-state index contributed by atoms with van der Waals surface area (Å²) >= 11 is 0. The number of unbranched alkanes of at least 4 members (excludes halogenated alkanes) is 3. The summed E-state index contributed by atoms with van der Waals surface area (Å²) in [6.07, 6.45) is 1.25. The highest BCUT2D eigenvalue weighted by atomic mass is 16.7. The highest BCUT2D eigenvalue weighted by molar-refractivity contribution is 5.17. The lowest BCUT2D eigenvalue weighted by atomic mass is 9.97. The van der Waals surface area contributed by atoms with Crippen LogP contribution in [0.15, 0.2) is 152 Å². The molecule has 1 fully saturated rings. The molecule has 0 radical (unpaired) electrons. The van der Waals surface area contributed by atoms with Crippen LogP contribution >= 0.6 is 0 Å². The summed E-state index contributed by atoms with van der Waals surface area (Å²) < 4.78 is 45.9. The maximum absolute atomic E-state index is 6.83. The molecule has 6 rings (SSSR count).